The molecule has 0 aromatic rings. The fraction of sp³-hybridized carbons (Fsp3) is 1.00. The summed E-state index contributed by atoms with van der Waals surface area (Å²) in [7, 11) is 2.84. The molecule has 0 aromatic carbocycles. The van der Waals surface area contributed by atoms with Crippen molar-refractivity contribution in [3.8, 4) is 0 Å². The Morgan fingerprint density at radius 1 is 1.60 bits per heavy atom. The molecule has 0 aromatic heterocycles. The minimum absolute atomic E-state index is 0.240. The van der Waals surface area contributed by atoms with E-state index in [4.69, 9.17) is 0 Å². The number of rotatable bonds is 1. The van der Waals surface area contributed by atoms with Crippen molar-refractivity contribution in [1.82, 2.24) is 0 Å². The van der Waals surface area contributed by atoms with Crippen molar-refractivity contribution in [3.63, 3.8) is 0 Å². The molecule has 0 aliphatic rings. The van der Waals surface area contributed by atoms with Crippen LogP contribution in [0.25, 0.3) is 0 Å². The Balaban J connectivity index is 2.54. The third kappa shape index (κ3) is 4.92. The average molecular weight is 105 g/mol. The predicted octanol–water partition coefficient (Wildman–Crippen LogP) is 1.14. The van der Waals surface area contributed by atoms with Gasteiger partial charge >= 0.3 is 0 Å². The van der Waals surface area contributed by atoms with Crippen LogP contribution in [0.1, 0.15) is 0 Å². The van der Waals surface area contributed by atoms with E-state index in [2.05, 4.69) is 29.2 Å². The lowest BCUT2D eigenvalue weighted by Gasteiger charge is -1.90. The molecule has 0 heterocycles. The van der Waals surface area contributed by atoms with Crippen LogP contribution in [-0.4, -0.2) is 20.0 Å². The Hall–Kier alpha value is 0.925. The monoisotopic (exact) mass is 105 g/mol. The second-order valence-electron chi connectivity index (χ2n) is 1.11. The summed E-state index contributed by atoms with van der Waals surface area (Å²) < 4.78 is 0. The normalized spacial score (nSPS) is 8.80. The molecule has 0 fully saturated rings. The lowest BCUT2D eigenvalue weighted by atomic mass is 10.7. The van der Waals surface area contributed by atoms with Crippen molar-refractivity contribution >= 4 is 23.6 Å². The van der Waals surface area contributed by atoms with Gasteiger partial charge in [-0.2, -0.15) is 9.12 Å². The van der Waals surface area contributed by atoms with Crippen LogP contribution in [0.3, 0.4) is 0 Å². The SMILES string of the molecule is CP(C)[B]P. The second kappa shape index (κ2) is 3.13. The van der Waals surface area contributed by atoms with Gasteiger partial charge in [0.05, 0.1) is 0 Å². The molecule has 0 saturated heterocycles. The first-order chi connectivity index (χ1) is 2.27. The summed E-state index contributed by atoms with van der Waals surface area (Å²) in [6, 6.07) is 0. The van der Waals surface area contributed by atoms with Crippen molar-refractivity contribution in [1.29, 1.82) is 0 Å². The highest BCUT2D eigenvalue weighted by atomic mass is 31.1. The summed E-state index contributed by atoms with van der Waals surface area (Å²) in [6.07, 6.45) is 0. The molecule has 1 radical (unpaired) electrons. The molecule has 0 amide bonds. The van der Waals surface area contributed by atoms with E-state index in [1.54, 1.807) is 0 Å². The molecule has 0 rings (SSSR count). The molecule has 0 aliphatic heterocycles. The largest absolute Gasteiger partial charge is 0.172 e. The first-order valence-corrected chi connectivity index (χ1v) is 4.46. The first kappa shape index (κ1) is 5.92. The van der Waals surface area contributed by atoms with Crippen LogP contribution in [0.4, 0.5) is 0 Å². The smallest absolute Gasteiger partial charge is 0.172 e. The highest BCUT2D eigenvalue weighted by molar-refractivity contribution is 8.03. The van der Waals surface area contributed by atoms with Gasteiger partial charge < -0.3 is 0 Å². The zero-order valence-corrected chi connectivity index (χ0v) is 5.65. The van der Waals surface area contributed by atoms with Crippen LogP contribution in [-0.2, 0) is 0 Å². The fourth-order valence-corrected chi connectivity index (χ4v) is 0. The van der Waals surface area contributed by atoms with Crippen LogP contribution < -0.4 is 0 Å². The van der Waals surface area contributed by atoms with Crippen LogP contribution in [0.2, 0.25) is 0 Å². The molecule has 0 N–H and O–H groups in total. The minimum Gasteiger partial charge on any atom is -0.172 e. The van der Waals surface area contributed by atoms with E-state index in [0.717, 1.165) is 0 Å². The summed E-state index contributed by atoms with van der Waals surface area (Å²) in [6.45, 7) is 6.57. The van der Waals surface area contributed by atoms with E-state index in [1.165, 1.54) is 0 Å². The zero-order valence-electron chi connectivity index (χ0n) is 3.60. The van der Waals surface area contributed by atoms with Gasteiger partial charge in [-0.05, 0) is 0 Å². The van der Waals surface area contributed by atoms with Gasteiger partial charge in [-0.25, -0.2) is 0 Å². The molecule has 0 aliphatic carbocycles. The minimum atomic E-state index is 0.240. The molecular weight excluding hydrogens is 96.8 g/mol. The Bertz CT molecular complexity index is 21.6. The lowest BCUT2D eigenvalue weighted by Crippen LogP contribution is -1.65. The Morgan fingerprint density at radius 3 is 1.80 bits per heavy atom. The van der Waals surface area contributed by atoms with Crippen LogP contribution in [0.15, 0.2) is 0 Å². The second-order valence-corrected chi connectivity index (χ2v) is 4.23. The maximum Gasteiger partial charge on any atom is 0.172 e. The Morgan fingerprint density at radius 2 is 1.80 bits per heavy atom. The molecule has 29 valence electrons. The van der Waals surface area contributed by atoms with E-state index >= 15 is 0 Å². The zero-order chi connectivity index (χ0) is 4.28. The van der Waals surface area contributed by atoms with Crippen molar-refractivity contribution in [3.05, 3.63) is 0 Å². The van der Waals surface area contributed by atoms with Crippen molar-refractivity contribution in [2.45, 2.75) is 0 Å². The molecule has 1 unspecified atom stereocenters. The van der Waals surface area contributed by atoms with Crippen molar-refractivity contribution in [2.24, 2.45) is 0 Å². The van der Waals surface area contributed by atoms with E-state index in [1.807, 2.05) is 0 Å². The summed E-state index contributed by atoms with van der Waals surface area (Å²) in [5.41, 5.74) is 0. The summed E-state index contributed by atoms with van der Waals surface area (Å²) in [4.78, 5) is 0. The highest BCUT2D eigenvalue weighted by Crippen LogP contribution is 2.22. The maximum absolute atomic E-state index is 2.60. The van der Waals surface area contributed by atoms with Gasteiger partial charge in [0.2, 0.25) is 0 Å². The molecular formula is C2H8BP2. The van der Waals surface area contributed by atoms with Crippen molar-refractivity contribution in [2.75, 3.05) is 13.3 Å². The van der Waals surface area contributed by atoms with E-state index in [-0.39, 0.29) is 7.80 Å². The maximum atomic E-state index is 2.60. The third-order valence-corrected chi connectivity index (χ3v) is 2.68. The fourth-order valence-electron chi connectivity index (χ4n) is 0. The third-order valence-electron chi connectivity index (χ3n) is 0.298. The predicted molar refractivity (Wildman–Crippen MR) is 34.2 cm³/mol. The molecule has 0 bridgehead atoms. The lowest BCUT2D eigenvalue weighted by molar-refractivity contribution is 2.29. The van der Waals surface area contributed by atoms with Gasteiger partial charge in [-0.15, -0.1) is 7.80 Å². The molecule has 3 heteroatoms. The topological polar surface area (TPSA) is 0 Å². The quantitative estimate of drug-likeness (QED) is 0.346. The summed E-state index contributed by atoms with van der Waals surface area (Å²) in [5.74, 6) is 0. The van der Waals surface area contributed by atoms with E-state index in [9.17, 15) is 0 Å². The molecule has 5 heavy (non-hydrogen) atoms. The number of hydrogen-bond acceptors (Lipinski definition) is 0. The van der Waals surface area contributed by atoms with Gasteiger partial charge in [0.15, 0.2) is 6.72 Å². The van der Waals surface area contributed by atoms with Gasteiger partial charge in [0.25, 0.3) is 0 Å². The first-order valence-electron chi connectivity index (χ1n) is 1.49. The van der Waals surface area contributed by atoms with Crippen LogP contribution in [0, 0.1) is 0 Å². The van der Waals surface area contributed by atoms with Gasteiger partial charge in [0, 0.05) is 0 Å². The van der Waals surface area contributed by atoms with Gasteiger partial charge in [-0.3, -0.25) is 0 Å². The van der Waals surface area contributed by atoms with E-state index in [0.29, 0.717) is 0 Å². The Kier molecular flexibility index (Phi) is 3.71. The van der Waals surface area contributed by atoms with Gasteiger partial charge in [-0.1, -0.05) is 13.3 Å². The van der Waals surface area contributed by atoms with E-state index < -0.39 is 0 Å². The van der Waals surface area contributed by atoms with Crippen LogP contribution >= 0.6 is 16.9 Å². The Labute approximate surface area is 37.8 Å². The highest BCUT2D eigenvalue weighted by Gasteiger charge is 1.81. The molecule has 0 nitrogen and oxygen atoms in total. The molecule has 1 atom stereocenters. The van der Waals surface area contributed by atoms with Crippen molar-refractivity contribution < 1.29 is 0 Å². The standard InChI is InChI=1S/C2H8BP2/c1-5(2)3-4/h4H2,1-2H3. The summed E-state index contributed by atoms with van der Waals surface area (Å²) in [5, 5.41) is 0. The molecule has 0 saturated carbocycles. The molecule has 0 spiro atoms. The average Bonchev–Trinajstić information content (AvgIpc) is 1.38. The number of hydrogen-bond donors (Lipinski definition) is 0. The van der Waals surface area contributed by atoms with Gasteiger partial charge in [0.1, 0.15) is 0 Å². The van der Waals surface area contributed by atoms with Crippen LogP contribution in [0.5, 0.6) is 0 Å². The summed E-state index contributed by atoms with van der Waals surface area (Å²) >= 11 is 0.